The second-order valence-corrected chi connectivity index (χ2v) is 12.4. The molecule has 3 N–H and O–H groups in total. The van der Waals surface area contributed by atoms with Gasteiger partial charge in [0.05, 0.1) is 10.9 Å². The molecule has 0 aliphatic rings. The molecule has 1 atom stereocenters. The summed E-state index contributed by atoms with van der Waals surface area (Å²) < 4.78 is 0. The number of nitrogens with one attached hydrogen (secondary N) is 3. The van der Waals surface area contributed by atoms with Crippen LogP contribution in [0.2, 0.25) is 5.02 Å². The van der Waals surface area contributed by atoms with Crippen LogP contribution in [0.1, 0.15) is 29.3 Å². The van der Waals surface area contributed by atoms with E-state index in [0.717, 1.165) is 16.2 Å². The zero-order chi connectivity index (χ0) is 31.6. The number of halogens is 1. The van der Waals surface area contributed by atoms with Crippen LogP contribution in [-0.2, 0) is 9.59 Å². The number of anilines is 2. The first kappa shape index (κ1) is 31.7. The summed E-state index contributed by atoms with van der Waals surface area (Å²) in [6.07, 6.45) is 2.17. The lowest BCUT2D eigenvalue weighted by Gasteiger charge is -2.15. The van der Waals surface area contributed by atoms with E-state index in [-0.39, 0.29) is 16.9 Å². The van der Waals surface area contributed by atoms with Crippen molar-refractivity contribution in [3.63, 3.8) is 0 Å². The van der Waals surface area contributed by atoms with Gasteiger partial charge in [0.25, 0.3) is 11.8 Å². The van der Waals surface area contributed by atoms with E-state index in [1.807, 2.05) is 54.8 Å². The summed E-state index contributed by atoms with van der Waals surface area (Å²) >= 11 is 8.81. The van der Waals surface area contributed by atoms with Crippen molar-refractivity contribution in [3.05, 3.63) is 136 Å². The maximum atomic E-state index is 13.5. The molecule has 1 heterocycles. The van der Waals surface area contributed by atoms with Gasteiger partial charge < -0.3 is 16.0 Å². The molecule has 5 aromatic rings. The van der Waals surface area contributed by atoms with Crippen LogP contribution in [0.5, 0.6) is 0 Å². The van der Waals surface area contributed by atoms with Crippen LogP contribution in [-0.4, -0.2) is 28.0 Å². The SMILES string of the molecule is CCC(Sc1cccc(NC(=O)/C(=C/c2ccc(Cl)cc2)NC(=O)c2ccccc2)c1)C(=O)Nc1nc(-c2ccccc2)cs1. The molecule has 7 nitrogen and oxygen atoms in total. The molecule has 0 spiro atoms. The number of thioether (sulfide) groups is 1. The van der Waals surface area contributed by atoms with Crippen LogP contribution in [0.4, 0.5) is 10.8 Å². The zero-order valence-electron chi connectivity index (χ0n) is 24.2. The van der Waals surface area contributed by atoms with Crippen molar-refractivity contribution in [1.29, 1.82) is 0 Å². The van der Waals surface area contributed by atoms with Gasteiger partial charge >= 0.3 is 0 Å². The van der Waals surface area contributed by atoms with Crippen LogP contribution in [0.15, 0.2) is 125 Å². The molecule has 0 aliphatic carbocycles. The van der Waals surface area contributed by atoms with Crippen LogP contribution in [0.3, 0.4) is 0 Å². The van der Waals surface area contributed by atoms with E-state index in [0.29, 0.717) is 33.4 Å². The predicted octanol–water partition coefficient (Wildman–Crippen LogP) is 8.38. The van der Waals surface area contributed by atoms with Crippen molar-refractivity contribution >= 4 is 69.3 Å². The first-order valence-electron chi connectivity index (χ1n) is 14.1. The molecule has 0 radical (unpaired) electrons. The first-order chi connectivity index (χ1) is 21.9. The lowest BCUT2D eigenvalue weighted by molar-refractivity contribution is -0.116. The van der Waals surface area contributed by atoms with E-state index < -0.39 is 11.8 Å². The molecule has 226 valence electrons. The Hall–Kier alpha value is -4.70. The molecular weight excluding hydrogens is 624 g/mol. The number of carbonyl (C=O) groups excluding carboxylic acids is 3. The number of benzene rings is 4. The Kier molecular flexibility index (Phi) is 10.8. The smallest absolute Gasteiger partial charge is 0.272 e. The standard InChI is InChI=1S/C35H29ClN4O3S2/c1-2-31(34(43)40-35-39-30(22-44-35)24-10-5-3-6-11-24)45-28-15-9-14-27(21-28)37-33(42)29(20-23-16-18-26(36)19-17-23)38-32(41)25-12-7-4-8-13-25/h3-22,31H,2H2,1H3,(H,37,42)(H,38,41)(H,39,40,43)/b29-20-. The van der Waals surface area contributed by atoms with E-state index >= 15 is 0 Å². The Morgan fingerprint density at radius 1 is 0.889 bits per heavy atom. The molecule has 0 saturated carbocycles. The predicted molar refractivity (Wildman–Crippen MR) is 185 cm³/mol. The summed E-state index contributed by atoms with van der Waals surface area (Å²) in [7, 11) is 0. The molecule has 0 saturated heterocycles. The number of aromatic nitrogens is 1. The largest absolute Gasteiger partial charge is 0.321 e. The summed E-state index contributed by atoms with van der Waals surface area (Å²) in [4.78, 5) is 44.9. The van der Waals surface area contributed by atoms with Gasteiger partial charge in [-0.25, -0.2) is 4.98 Å². The van der Waals surface area contributed by atoms with Crippen molar-refractivity contribution in [3.8, 4) is 11.3 Å². The summed E-state index contributed by atoms with van der Waals surface area (Å²) in [6, 6.07) is 32.6. The molecule has 1 aromatic heterocycles. The van der Waals surface area contributed by atoms with Gasteiger partial charge in [0, 0.05) is 32.1 Å². The van der Waals surface area contributed by atoms with Crippen molar-refractivity contribution in [2.75, 3.05) is 10.6 Å². The average Bonchev–Trinajstić information content (AvgIpc) is 3.53. The Labute approximate surface area is 274 Å². The quantitative estimate of drug-likeness (QED) is 0.0983. The highest BCUT2D eigenvalue weighted by atomic mass is 35.5. The zero-order valence-corrected chi connectivity index (χ0v) is 26.6. The van der Waals surface area contributed by atoms with Crippen LogP contribution >= 0.6 is 34.7 Å². The van der Waals surface area contributed by atoms with E-state index in [2.05, 4.69) is 20.9 Å². The fraction of sp³-hybridized carbons (Fsp3) is 0.0857. The van der Waals surface area contributed by atoms with Crippen LogP contribution in [0, 0.1) is 0 Å². The van der Waals surface area contributed by atoms with Crippen molar-refractivity contribution in [2.45, 2.75) is 23.5 Å². The Balaban J connectivity index is 1.27. The third-order valence-corrected chi connectivity index (χ3v) is 8.91. The number of thiazole rings is 1. The van der Waals surface area contributed by atoms with E-state index in [1.165, 1.54) is 23.1 Å². The number of carbonyl (C=O) groups is 3. The average molecular weight is 653 g/mol. The van der Waals surface area contributed by atoms with E-state index in [1.54, 1.807) is 72.8 Å². The maximum Gasteiger partial charge on any atom is 0.272 e. The summed E-state index contributed by atoms with van der Waals surface area (Å²) in [6.45, 7) is 1.95. The monoisotopic (exact) mass is 652 g/mol. The number of nitrogens with zero attached hydrogens (tertiary/aromatic N) is 1. The second-order valence-electron chi connectivity index (χ2n) is 9.82. The highest BCUT2D eigenvalue weighted by molar-refractivity contribution is 8.00. The second kappa shape index (κ2) is 15.3. The molecular formula is C35H29ClN4O3S2. The summed E-state index contributed by atoms with van der Waals surface area (Å²) in [5, 5.41) is 11.2. The number of rotatable bonds is 11. The summed E-state index contributed by atoms with van der Waals surface area (Å²) in [5.74, 6) is -1.06. The van der Waals surface area contributed by atoms with Gasteiger partial charge in [-0.15, -0.1) is 23.1 Å². The molecule has 0 fully saturated rings. The van der Waals surface area contributed by atoms with E-state index in [9.17, 15) is 14.4 Å². The molecule has 45 heavy (non-hydrogen) atoms. The van der Waals surface area contributed by atoms with E-state index in [4.69, 9.17) is 11.6 Å². The Morgan fingerprint density at radius 3 is 2.31 bits per heavy atom. The third-order valence-electron chi connectivity index (χ3n) is 6.55. The van der Waals surface area contributed by atoms with Gasteiger partial charge in [-0.05, 0) is 60.5 Å². The normalized spacial score (nSPS) is 11.8. The molecule has 1 unspecified atom stereocenters. The lowest BCUT2D eigenvalue weighted by atomic mass is 10.1. The third kappa shape index (κ3) is 8.92. The van der Waals surface area contributed by atoms with Gasteiger partial charge in [-0.1, -0.05) is 85.3 Å². The Bertz CT molecular complexity index is 1810. The molecule has 0 bridgehead atoms. The van der Waals surface area contributed by atoms with Crippen LogP contribution < -0.4 is 16.0 Å². The topological polar surface area (TPSA) is 100 Å². The van der Waals surface area contributed by atoms with Crippen molar-refractivity contribution in [1.82, 2.24) is 10.3 Å². The van der Waals surface area contributed by atoms with Gasteiger partial charge in [0.15, 0.2) is 5.13 Å². The van der Waals surface area contributed by atoms with Gasteiger partial charge in [0.1, 0.15) is 5.70 Å². The van der Waals surface area contributed by atoms with Gasteiger partial charge in [-0.3, -0.25) is 14.4 Å². The molecule has 3 amide bonds. The molecule has 0 aliphatic heterocycles. The highest BCUT2D eigenvalue weighted by Gasteiger charge is 2.20. The minimum Gasteiger partial charge on any atom is -0.321 e. The lowest BCUT2D eigenvalue weighted by Crippen LogP contribution is -2.30. The fourth-order valence-corrected chi connectivity index (χ4v) is 6.12. The highest BCUT2D eigenvalue weighted by Crippen LogP contribution is 2.30. The van der Waals surface area contributed by atoms with Crippen LogP contribution in [0.25, 0.3) is 17.3 Å². The molecule has 4 aromatic carbocycles. The molecule has 10 heteroatoms. The number of amides is 3. The minimum absolute atomic E-state index is 0.0633. The fourth-order valence-electron chi connectivity index (χ4n) is 4.26. The minimum atomic E-state index is -0.501. The van der Waals surface area contributed by atoms with Gasteiger partial charge in [0.2, 0.25) is 5.91 Å². The number of hydrogen-bond acceptors (Lipinski definition) is 6. The van der Waals surface area contributed by atoms with Crippen molar-refractivity contribution in [2.24, 2.45) is 0 Å². The Morgan fingerprint density at radius 2 is 1.60 bits per heavy atom. The summed E-state index contributed by atoms with van der Waals surface area (Å²) in [5.41, 5.74) is 3.49. The van der Waals surface area contributed by atoms with Crippen molar-refractivity contribution < 1.29 is 14.4 Å². The first-order valence-corrected chi connectivity index (χ1v) is 16.2. The maximum absolute atomic E-state index is 13.5. The van der Waals surface area contributed by atoms with Gasteiger partial charge in [-0.2, -0.15) is 0 Å². The number of hydrogen-bond donors (Lipinski definition) is 3. The molecule has 5 rings (SSSR count).